The average Bonchev–Trinajstić information content (AvgIpc) is 2.95. The maximum Gasteiger partial charge on any atom is 0.283 e. The van der Waals surface area contributed by atoms with Crippen LogP contribution in [-0.4, -0.2) is 22.2 Å². The van der Waals surface area contributed by atoms with Gasteiger partial charge in [0.1, 0.15) is 10.6 Å². The zero-order valence-corrected chi connectivity index (χ0v) is 15.0. The summed E-state index contributed by atoms with van der Waals surface area (Å²) < 4.78 is 0.874. The van der Waals surface area contributed by atoms with Crippen molar-refractivity contribution in [1.29, 1.82) is 0 Å². The number of aromatic hydroxyl groups is 1. The number of nitro groups is 1. The molecule has 3 aromatic rings. The third-order valence-electron chi connectivity index (χ3n) is 3.64. The first-order valence-corrected chi connectivity index (χ1v) is 8.56. The molecule has 1 heterocycles. The molecule has 0 atom stereocenters. The van der Waals surface area contributed by atoms with E-state index in [2.05, 4.69) is 10.5 Å². The summed E-state index contributed by atoms with van der Waals surface area (Å²) in [5.74, 6) is -0.650. The molecule has 0 bridgehead atoms. The molecule has 0 saturated heterocycles. The predicted octanol–water partition coefficient (Wildman–Crippen LogP) is 4.24. The van der Waals surface area contributed by atoms with Crippen LogP contribution in [0.2, 0.25) is 5.02 Å². The number of fused-ring (bicyclic) bond motifs is 1. The lowest BCUT2D eigenvalue weighted by molar-refractivity contribution is -0.384. The van der Waals surface area contributed by atoms with Gasteiger partial charge >= 0.3 is 0 Å². The summed E-state index contributed by atoms with van der Waals surface area (Å²) in [4.78, 5) is 22.9. The van der Waals surface area contributed by atoms with Crippen LogP contribution in [0.15, 0.2) is 41.5 Å². The van der Waals surface area contributed by atoms with Gasteiger partial charge in [0.2, 0.25) is 0 Å². The van der Waals surface area contributed by atoms with Gasteiger partial charge in [-0.2, -0.15) is 5.10 Å². The highest BCUT2D eigenvalue weighted by atomic mass is 35.5. The Bertz CT molecular complexity index is 1060. The Labute approximate surface area is 156 Å². The predicted molar refractivity (Wildman–Crippen MR) is 101 cm³/mol. The third kappa shape index (κ3) is 3.37. The molecule has 7 nitrogen and oxygen atoms in total. The van der Waals surface area contributed by atoms with Gasteiger partial charge in [0.25, 0.3) is 11.6 Å². The highest BCUT2D eigenvalue weighted by Crippen LogP contribution is 2.35. The van der Waals surface area contributed by atoms with Crippen LogP contribution >= 0.6 is 22.9 Å². The summed E-state index contributed by atoms with van der Waals surface area (Å²) in [5, 5.41) is 25.8. The molecular weight excluding hydrogens is 378 g/mol. The monoisotopic (exact) mass is 389 g/mol. The maximum atomic E-state index is 12.3. The molecule has 0 aliphatic carbocycles. The van der Waals surface area contributed by atoms with Gasteiger partial charge in [-0.05, 0) is 18.6 Å². The molecule has 0 saturated carbocycles. The van der Waals surface area contributed by atoms with Crippen LogP contribution in [0, 0.1) is 17.0 Å². The Morgan fingerprint density at radius 3 is 2.81 bits per heavy atom. The lowest BCUT2D eigenvalue weighted by atomic mass is 10.1. The lowest BCUT2D eigenvalue weighted by Gasteiger charge is -2.03. The molecule has 0 radical (unpaired) electrons. The first-order valence-electron chi connectivity index (χ1n) is 7.37. The zero-order valence-electron chi connectivity index (χ0n) is 13.4. The molecule has 9 heteroatoms. The number of nitro benzene ring substituents is 1. The van der Waals surface area contributed by atoms with Crippen molar-refractivity contribution in [3.63, 3.8) is 0 Å². The fraction of sp³-hybridized carbons (Fsp3) is 0.0588. The van der Waals surface area contributed by atoms with Crippen LogP contribution in [0.4, 0.5) is 5.69 Å². The van der Waals surface area contributed by atoms with Gasteiger partial charge in [-0.25, -0.2) is 5.43 Å². The van der Waals surface area contributed by atoms with E-state index in [-0.39, 0.29) is 17.0 Å². The van der Waals surface area contributed by atoms with Crippen molar-refractivity contribution in [3.05, 3.63) is 67.5 Å². The standard InChI is InChI=1S/C17H12ClN3O4S/c1-9-6-11(21(24)25)7-10(15(9)22)8-19-20-17(23)16-14(18)12-4-2-3-5-13(12)26-16/h2-8,22H,1H3,(H,20,23). The number of rotatable bonds is 4. The quantitative estimate of drug-likeness (QED) is 0.395. The number of phenols is 1. The minimum atomic E-state index is -0.570. The topological polar surface area (TPSA) is 105 Å². The van der Waals surface area contributed by atoms with Gasteiger partial charge in [0.15, 0.2) is 0 Å². The van der Waals surface area contributed by atoms with E-state index in [1.54, 1.807) is 0 Å². The summed E-state index contributed by atoms with van der Waals surface area (Å²) in [6, 6.07) is 9.78. The number of hydrogen-bond donors (Lipinski definition) is 2. The number of amides is 1. The van der Waals surface area contributed by atoms with Crippen molar-refractivity contribution < 1.29 is 14.8 Å². The second-order valence-electron chi connectivity index (χ2n) is 5.40. The first kappa shape index (κ1) is 17.8. The zero-order chi connectivity index (χ0) is 18.8. The molecule has 0 aliphatic heterocycles. The summed E-state index contributed by atoms with van der Waals surface area (Å²) in [7, 11) is 0. The number of carbonyl (C=O) groups is 1. The molecule has 2 N–H and O–H groups in total. The number of benzene rings is 2. The van der Waals surface area contributed by atoms with Gasteiger partial charge in [-0.15, -0.1) is 11.3 Å². The van der Waals surface area contributed by atoms with Gasteiger partial charge in [0, 0.05) is 27.8 Å². The molecule has 1 aromatic heterocycles. The van der Waals surface area contributed by atoms with E-state index in [1.807, 2.05) is 24.3 Å². The summed E-state index contributed by atoms with van der Waals surface area (Å²) in [5.41, 5.74) is 2.60. The molecule has 1 amide bonds. The second-order valence-corrected chi connectivity index (χ2v) is 6.83. The Hall–Kier alpha value is -2.97. The van der Waals surface area contributed by atoms with Crippen molar-refractivity contribution >= 4 is 50.8 Å². The fourth-order valence-electron chi connectivity index (χ4n) is 2.36. The SMILES string of the molecule is Cc1cc([N+](=O)[O-])cc(C=NNC(=O)c2sc3ccccc3c2Cl)c1O. The molecule has 0 unspecified atom stereocenters. The number of hydrazone groups is 1. The van der Waals surface area contributed by atoms with Crippen LogP contribution in [0.25, 0.3) is 10.1 Å². The number of aryl methyl sites for hydroxylation is 1. The minimum absolute atomic E-state index is 0.124. The van der Waals surface area contributed by atoms with E-state index in [0.717, 1.165) is 16.3 Å². The first-order chi connectivity index (χ1) is 12.4. The fourth-order valence-corrected chi connectivity index (χ4v) is 3.77. The summed E-state index contributed by atoms with van der Waals surface area (Å²) >= 11 is 7.47. The summed E-state index contributed by atoms with van der Waals surface area (Å²) in [6.45, 7) is 1.54. The molecule has 2 aromatic carbocycles. The molecule has 26 heavy (non-hydrogen) atoms. The summed E-state index contributed by atoms with van der Waals surface area (Å²) in [6.07, 6.45) is 1.15. The normalized spacial score (nSPS) is 11.2. The van der Waals surface area contributed by atoms with E-state index in [4.69, 9.17) is 11.6 Å². The Morgan fingerprint density at radius 2 is 2.12 bits per heavy atom. The van der Waals surface area contributed by atoms with Crippen molar-refractivity contribution in [2.75, 3.05) is 0 Å². The largest absolute Gasteiger partial charge is 0.507 e. The molecule has 0 fully saturated rings. The van der Waals surface area contributed by atoms with Crippen LogP contribution < -0.4 is 5.43 Å². The van der Waals surface area contributed by atoms with Crippen molar-refractivity contribution in [1.82, 2.24) is 5.43 Å². The number of hydrogen-bond acceptors (Lipinski definition) is 6. The lowest BCUT2D eigenvalue weighted by Crippen LogP contribution is -2.16. The molecule has 132 valence electrons. The maximum absolute atomic E-state index is 12.3. The van der Waals surface area contributed by atoms with E-state index in [0.29, 0.717) is 15.5 Å². The number of thiophene rings is 1. The highest BCUT2D eigenvalue weighted by molar-refractivity contribution is 7.21. The smallest absolute Gasteiger partial charge is 0.283 e. The van der Waals surface area contributed by atoms with Crippen LogP contribution in [0.1, 0.15) is 20.8 Å². The van der Waals surface area contributed by atoms with Gasteiger partial charge in [0.05, 0.1) is 16.2 Å². The number of nitrogens with zero attached hydrogens (tertiary/aromatic N) is 2. The van der Waals surface area contributed by atoms with E-state index < -0.39 is 10.8 Å². The van der Waals surface area contributed by atoms with Crippen molar-refractivity contribution in [2.24, 2.45) is 5.10 Å². The molecular formula is C17H12ClN3O4S. The van der Waals surface area contributed by atoms with E-state index in [9.17, 15) is 20.0 Å². The Morgan fingerprint density at radius 1 is 1.38 bits per heavy atom. The van der Waals surface area contributed by atoms with Crippen LogP contribution in [0.3, 0.4) is 0 Å². The van der Waals surface area contributed by atoms with E-state index in [1.165, 1.54) is 30.4 Å². The number of carbonyl (C=O) groups excluding carboxylic acids is 1. The van der Waals surface area contributed by atoms with Crippen molar-refractivity contribution in [3.8, 4) is 5.75 Å². The van der Waals surface area contributed by atoms with Gasteiger partial charge < -0.3 is 5.11 Å². The Balaban J connectivity index is 1.83. The number of halogens is 1. The van der Waals surface area contributed by atoms with E-state index >= 15 is 0 Å². The highest BCUT2D eigenvalue weighted by Gasteiger charge is 2.17. The number of non-ortho nitro benzene ring substituents is 1. The number of phenolic OH excluding ortho intramolecular Hbond substituents is 1. The van der Waals surface area contributed by atoms with Crippen molar-refractivity contribution in [2.45, 2.75) is 6.92 Å². The molecule has 0 spiro atoms. The second kappa shape index (κ2) is 7.11. The number of nitrogens with one attached hydrogen (secondary N) is 1. The third-order valence-corrected chi connectivity index (χ3v) is 5.31. The molecule has 0 aliphatic rings. The molecule has 3 rings (SSSR count). The minimum Gasteiger partial charge on any atom is -0.507 e. The van der Waals surface area contributed by atoms with Gasteiger partial charge in [-0.3, -0.25) is 14.9 Å². The average molecular weight is 390 g/mol. The van der Waals surface area contributed by atoms with Crippen LogP contribution in [0.5, 0.6) is 5.75 Å². The van der Waals surface area contributed by atoms with Gasteiger partial charge in [-0.1, -0.05) is 29.8 Å². The Kier molecular flexibility index (Phi) is 4.88. The van der Waals surface area contributed by atoms with Crippen LogP contribution in [-0.2, 0) is 0 Å².